The minimum Gasteiger partial charge on any atom is -0.465 e. The van der Waals surface area contributed by atoms with Crippen molar-refractivity contribution in [2.75, 3.05) is 7.11 Å². The Morgan fingerprint density at radius 2 is 1.86 bits per heavy atom. The fraction of sp³-hybridized carbons (Fsp3) is 0.273. The third kappa shape index (κ3) is 5.09. The third-order valence-electron chi connectivity index (χ3n) is 1.37. The van der Waals surface area contributed by atoms with Crippen molar-refractivity contribution in [3.63, 3.8) is 0 Å². The number of carbonyl (C=O) groups is 2. The van der Waals surface area contributed by atoms with Crippen molar-refractivity contribution in [1.82, 2.24) is 0 Å². The van der Waals surface area contributed by atoms with Crippen LogP contribution in [-0.2, 0) is 14.3 Å². The van der Waals surface area contributed by atoms with Crippen molar-refractivity contribution in [2.45, 2.75) is 13.8 Å². The van der Waals surface area contributed by atoms with Gasteiger partial charge >= 0.3 is 5.97 Å². The van der Waals surface area contributed by atoms with Crippen LogP contribution in [0.4, 0.5) is 0 Å². The molecule has 0 aromatic carbocycles. The molecule has 0 heterocycles. The zero-order chi connectivity index (χ0) is 11.0. The number of allylic oxidation sites excluding steroid dienone is 4. The summed E-state index contributed by atoms with van der Waals surface area (Å²) in [5, 5.41) is 0. The van der Waals surface area contributed by atoms with Crippen LogP contribution >= 0.6 is 0 Å². The lowest BCUT2D eigenvalue weighted by Gasteiger charge is -1.96. The summed E-state index contributed by atoms with van der Waals surface area (Å²) in [6.07, 6.45) is 6.79. The summed E-state index contributed by atoms with van der Waals surface area (Å²) in [5.74, 6) is -0.518. The zero-order valence-corrected chi connectivity index (χ0v) is 8.61. The SMILES string of the molecule is COC(=O)C(/C=C/C=C(C)C)=C/C=O. The first-order valence-electron chi connectivity index (χ1n) is 4.17. The molecule has 0 radical (unpaired) electrons. The van der Waals surface area contributed by atoms with Gasteiger partial charge in [-0.15, -0.1) is 0 Å². The van der Waals surface area contributed by atoms with E-state index in [4.69, 9.17) is 0 Å². The van der Waals surface area contributed by atoms with Crippen LogP contribution < -0.4 is 0 Å². The summed E-state index contributed by atoms with van der Waals surface area (Å²) in [7, 11) is 1.27. The van der Waals surface area contributed by atoms with Gasteiger partial charge in [-0.1, -0.05) is 17.7 Å². The molecule has 0 aliphatic carbocycles. The van der Waals surface area contributed by atoms with Crippen molar-refractivity contribution in [1.29, 1.82) is 0 Å². The minimum atomic E-state index is -0.518. The Kier molecular flexibility index (Phi) is 6.03. The van der Waals surface area contributed by atoms with Crippen LogP contribution in [0.2, 0.25) is 0 Å². The molecule has 0 saturated heterocycles. The molecule has 0 fully saturated rings. The monoisotopic (exact) mass is 194 g/mol. The predicted molar refractivity (Wildman–Crippen MR) is 54.7 cm³/mol. The molecule has 14 heavy (non-hydrogen) atoms. The summed E-state index contributed by atoms with van der Waals surface area (Å²) in [5.41, 5.74) is 1.34. The highest BCUT2D eigenvalue weighted by Gasteiger charge is 2.03. The molecule has 0 bridgehead atoms. The normalized spacial score (nSPS) is 11.2. The zero-order valence-electron chi connectivity index (χ0n) is 8.61. The summed E-state index contributed by atoms with van der Waals surface area (Å²) >= 11 is 0. The fourth-order valence-electron chi connectivity index (χ4n) is 0.727. The molecule has 0 atom stereocenters. The summed E-state index contributed by atoms with van der Waals surface area (Å²) in [6.45, 7) is 3.87. The van der Waals surface area contributed by atoms with Gasteiger partial charge < -0.3 is 4.74 Å². The number of rotatable bonds is 4. The molecule has 0 aliphatic heterocycles. The van der Waals surface area contributed by atoms with Gasteiger partial charge in [-0.25, -0.2) is 4.79 Å². The van der Waals surface area contributed by atoms with Gasteiger partial charge in [-0.3, -0.25) is 4.79 Å². The van der Waals surface area contributed by atoms with E-state index in [0.717, 1.165) is 5.57 Å². The Morgan fingerprint density at radius 3 is 2.29 bits per heavy atom. The molecule has 0 rings (SSSR count). The van der Waals surface area contributed by atoms with E-state index >= 15 is 0 Å². The minimum absolute atomic E-state index is 0.236. The standard InChI is InChI=1S/C11H14O3/c1-9(2)5-4-6-10(7-8-12)11(13)14-3/h4-8H,1-3H3/b6-4+,10-7+. The van der Waals surface area contributed by atoms with E-state index in [2.05, 4.69) is 4.74 Å². The van der Waals surface area contributed by atoms with Gasteiger partial charge in [-0.05, 0) is 26.0 Å². The first-order chi connectivity index (χ1) is 6.61. The van der Waals surface area contributed by atoms with Gasteiger partial charge in [-0.2, -0.15) is 0 Å². The molecule has 3 nitrogen and oxygen atoms in total. The number of esters is 1. The van der Waals surface area contributed by atoms with Gasteiger partial charge in [0.15, 0.2) is 0 Å². The maximum atomic E-state index is 11.1. The van der Waals surface area contributed by atoms with Crippen molar-refractivity contribution in [2.24, 2.45) is 0 Å². The summed E-state index contributed by atoms with van der Waals surface area (Å²) in [4.78, 5) is 21.3. The first kappa shape index (κ1) is 12.4. The molecule has 76 valence electrons. The topological polar surface area (TPSA) is 43.4 Å². The van der Waals surface area contributed by atoms with Gasteiger partial charge in [0.1, 0.15) is 6.29 Å². The Labute approximate surface area is 83.8 Å². The van der Waals surface area contributed by atoms with E-state index in [9.17, 15) is 9.59 Å². The van der Waals surface area contributed by atoms with Crippen LogP contribution in [-0.4, -0.2) is 19.4 Å². The molecule has 0 aliphatic rings. The highest BCUT2D eigenvalue weighted by Crippen LogP contribution is 2.00. The second-order valence-electron chi connectivity index (χ2n) is 2.85. The molecule has 0 amide bonds. The first-order valence-corrected chi connectivity index (χ1v) is 4.17. The highest BCUT2D eigenvalue weighted by atomic mass is 16.5. The number of methoxy groups -OCH3 is 1. The fourth-order valence-corrected chi connectivity index (χ4v) is 0.727. The van der Waals surface area contributed by atoms with Gasteiger partial charge in [0.2, 0.25) is 0 Å². The Bertz CT molecular complexity index is 292. The average molecular weight is 194 g/mol. The maximum Gasteiger partial charge on any atom is 0.337 e. The van der Waals surface area contributed by atoms with Gasteiger partial charge in [0, 0.05) is 0 Å². The molecule has 3 heteroatoms. The number of hydrogen-bond acceptors (Lipinski definition) is 3. The van der Waals surface area contributed by atoms with Crippen molar-refractivity contribution >= 4 is 12.3 Å². The van der Waals surface area contributed by atoms with Gasteiger partial charge in [0.05, 0.1) is 12.7 Å². The number of hydrogen-bond donors (Lipinski definition) is 0. The van der Waals surface area contributed by atoms with Crippen LogP contribution in [0.5, 0.6) is 0 Å². The van der Waals surface area contributed by atoms with E-state index in [1.165, 1.54) is 19.3 Å². The van der Waals surface area contributed by atoms with Crippen LogP contribution in [0.1, 0.15) is 13.8 Å². The quantitative estimate of drug-likeness (QED) is 0.296. The summed E-state index contributed by atoms with van der Waals surface area (Å²) < 4.78 is 4.48. The van der Waals surface area contributed by atoms with Crippen LogP contribution in [0.15, 0.2) is 35.5 Å². The lowest BCUT2D eigenvalue weighted by Crippen LogP contribution is -2.02. The smallest absolute Gasteiger partial charge is 0.337 e. The number of aldehydes is 1. The van der Waals surface area contributed by atoms with Crippen LogP contribution in [0.3, 0.4) is 0 Å². The van der Waals surface area contributed by atoms with Crippen molar-refractivity contribution < 1.29 is 14.3 Å². The Balaban J connectivity index is 4.63. The Hall–Kier alpha value is -1.64. The molecular formula is C11H14O3. The molecule has 0 aromatic heterocycles. The average Bonchev–Trinajstić information content (AvgIpc) is 2.15. The third-order valence-corrected chi connectivity index (χ3v) is 1.37. The van der Waals surface area contributed by atoms with E-state index in [1.54, 1.807) is 6.08 Å². The second kappa shape index (κ2) is 6.83. The second-order valence-corrected chi connectivity index (χ2v) is 2.85. The largest absolute Gasteiger partial charge is 0.465 e. The predicted octanol–water partition coefficient (Wildman–Crippen LogP) is 1.81. The van der Waals surface area contributed by atoms with E-state index in [0.29, 0.717) is 6.29 Å². The summed E-state index contributed by atoms with van der Waals surface area (Å²) in [6, 6.07) is 0. The van der Waals surface area contributed by atoms with E-state index in [1.807, 2.05) is 19.9 Å². The number of carbonyl (C=O) groups excluding carboxylic acids is 2. The molecule has 0 aromatic rings. The van der Waals surface area contributed by atoms with Crippen LogP contribution in [0.25, 0.3) is 0 Å². The van der Waals surface area contributed by atoms with E-state index in [-0.39, 0.29) is 5.57 Å². The van der Waals surface area contributed by atoms with Crippen molar-refractivity contribution in [3.8, 4) is 0 Å². The lowest BCUT2D eigenvalue weighted by molar-refractivity contribution is -0.135. The lowest BCUT2D eigenvalue weighted by atomic mass is 10.2. The van der Waals surface area contributed by atoms with Crippen LogP contribution in [0, 0.1) is 0 Å². The number of ether oxygens (including phenoxy) is 1. The Morgan fingerprint density at radius 1 is 1.21 bits per heavy atom. The molecular weight excluding hydrogens is 180 g/mol. The molecule has 0 spiro atoms. The highest BCUT2D eigenvalue weighted by molar-refractivity contribution is 5.95. The molecule has 0 saturated carbocycles. The molecule has 0 unspecified atom stereocenters. The maximum absolute atomic E-state index is 11.1. The van der Waals surface area contributed by atoms with Gasteiger partial charge in [0.25, 0.3) is 0 Å². The van der Waals surface area contributed by atoms with Crippen molar-refractivity contribution in [3.05, 3.63) is 35.5 Å². The molecule has 0 N–H and O–H groups in total. The van der Waals surface area contributed by atoms with E-state index < -0.39 is 5.97 Å².